The molecule has 0 heterocycles. The molecule has 0 aromatic heterocycles. The average molecular weight is 454 g/mol. The summed E-state index contributed by atoms with van der Waals surface area (Å²) in [7, 11) is 0. The van der Waals surface area contributed by atoms with Gasteiger partial charge in [-0.15, -0.1) is 0 Å². The maximum absolute atomic E-state index is 12.8. The van der Waals surface area contributed by atoms with Crippen LogP contribution < -0.4 is 10.6 Å². The number of ether oxygens (including phenoxy) is 1. The Morgan fingerprint density at radius 2 is 1.75 bits per heavy atom. The van der Waals surface area contributed by atoms with Gasteiger partial charge in [0.25, 0.3) is 5.91 Å². The minimum atomic E-state index is -1.02. The molecule has 0 aliphatic carbocycles. The molecule has 0 unspecified atom stereocenters. The summed E-state index contributed by atoms with van der Waals surface area (Å²) in [4.78, 5) is 35.9. The number of carbonyl (C=O) groups is 3. The molecule has 2 amide bonds. The van der Waals surface area contributed by atoms with Crippen molar-refractivity contribution >= 4 is 41.1 Å². The maximum Gasteiger partial charge on any atom is 0.352 e. The number of benzene rings is 2. The summed E-state index contributed by atoms with van der Waals surface area (Å²) < 4.78 is 4.80. The fraction of sp³-hybridized carbons (Fsp3) is 0.130. The van der Waals surface area contributed by atoms with Crippen molar-refractivity contribution in [3.8, 4) is 6.07 Å². The van der Waals surface area contributed by atoms with Gasteiger partial charge >= 0.3 is 5.97 Å². The number of nitrogens with one attached hydrogen (secondary N) is 2. The first-order valence-electron chi connectivity index (χ1n) is 9.42. The molecule has 9 heteroatoms. The van der Waals surface area contributed by atoms with Crippen LogP contribution in [0.2, 0.25) is 5.02 Å². The van der Waals surface area contributed by atoms with Crippen LogP contribution in [0.4, 0.5) is 5.69 Å². The van der Waals surface area contributed by atoms with Crippen LogP contribution in [0.25, 0.3) is 6.08 Å². The number of rotatable bonds is 7. The Morgan fingerprint density at radius 3 is 2.28 bits per heavy atom. The first-order chi connectivity index (χ1) is 15.2. The molecule has 164 valence electrons. The first kappa shape index (κ1) is 24.2. The van der Waals surface area contributed by atoms with Crippen LogP contribution in [0.1, 0.15) is 29.8 Å². The summed E-state index contributed by atoms with van der Waals surface area (Å²) >= 11 is 5.89. The third-order valence-electron chi connectivity index (χ3n) is 3.98. The van der Waals surface area contributed by atoms with E-state index in [0.717, 1.165) is 0 Å². The number of hydrogen-bond acceptors (Lipinski definition) is 6. The number of amides is 2. The van der Waals surface area contributed by atoms with Crippen molar-refractivity contribution in [1.82, 2.24) is 5.32 Å². The molecule has 0 saturated heterocycles. The van der Waals surface area contributed by atoms with Gasteiger partial charge < -0.3 is 20.5 Å². The van der Waals surface area contributed by atoms with Gasteiger partial charge in [-0.25, -0.2) is 4.79 Å². The summed E-state index contributed by atoms with van der Waals surface area (Å²) in [6.45, 7) is 2.92. The van der Waals surface area contributed by atoms with Crippen molar-refractivity contribution in [3.05, 3.63) is 81.7 Å². The average Bonchev–Trinajstić information content (AvgIpc) is 2.75. The van der Waals surface area contributed by atoms with Crippen molar-refractivity contribution in [3.63, 3.8) is 0 Å². The predicted molar refractivity (Wildman–Crippen MR) is 120 cm³/mol. The maximum atomic E-state index is 12.8. The van der Waals surface area contributed by atoms with Gasteiger partial charge in [0.05, 0.1) is 12.3 Å². The highest BCUT2D eigenvalue weighted by molar-refractivity contribution is 6.30. The highest BCUT2D eigenvalue weighted by atomic mass is 35.5. The monoisotopic (exact) mass is 453 g/mol. The van der Waals surface area contributed by atoms with Crippen LogP contribution in [-0.4, -0.2) is 29.5 Å². The lowest BCUT2D eigenvalue weighted by Gasteiger charge is -2.12. The first-order valence-corrected chi connectivity index (χ1v) is 9.80. The zero-order chi connectivity index (χ0) is 23.7. The van der Waals surface area contributed by atoms with Gasteiger partial charge in [-0.1, -0.05) is 23.7 Å². The van der Waals surface area contributed by atoms with Gasteiger partial charge in [-0.2, -0.15) is 5.26 Å². The molecule has 0 fully saturated rings. The van der Waals surface area contributed by atoms with E-state index in [1.165, 1.54) is 37.3 Å². The topological polar surface area (TPSA) is 129 Å². The second-order valence-corrected chi connectivity index (χ2v) is 6.81. The van der Waals surface area contributed by atoms with E-state index >= 15 is 0 Å². The number of carbonyl (C=O) groups excluding carboxylic acids is 3. The van der Waals surface area contributed by atoms with E-state index in [2.05, 4.69) is 10.6 Å². The van der Waals surface area contributed by atoms with E-state index < -0.39 is 23.2 Å². The van der Waals surface area contributed by atoms with Gasteiger partial charge in [0.1, 0.15) is 6.07 Å². The Labute approximate surface area is 189 Å². The smallest absolute Gasteiger partial charge is 0.352 e. The zero-order valence-electron chi connectivity index (χ0n) is 17.3. The molecule has 0 spiro atoms. The van der Waals surface area contributed by atoms with Crippen LogP contribution in [0.15, 0.2) is 65.6 Å². The van der Waals surface area contributed by atoms with Gasteiger partial charge in [0, 0.05) is 23.2 Å². The summed E-state index contributed by atoms with van der Waals surface area (Å²) in [5.74, 6) is -2.65. The number of hydrogen-bond donors (Lipinski definition) is 3. The predicted octanol–water partition coefficient (Wildman–Crippen LogP) is 3.97. The van der Waals surface area contributed by atoms with Gasteiger partial charge in [0.15, 0.2) is 11.3 Å². The molecule has 0 aliphatic rings. The largest absolute Gasteiger partial charge is 0.504 e. The summed E-state index contributed by atoms with van der Waals surface area (Å²) in [5, 5.41) is 25.5. The fourth-order valence-electron chi connectivity index (χ4n) is 2.53. The van der Waals surface area contributed by atoms with Crippen molar-refractivity contribution in [1.29, 1.82) is 5.26 Å². The molecular formula is C23H20ClN3O5. The quantitative estimate of drug-likeness (QED) is 0.191. The number of nitrogens with zero attached hydrogens (tertiary/aromatic N) is 1. The van der Waals surface area contributed by atoms with Crippen LogP contribution in [0.5, 0.6) is 0 Å². The van der Waals surface area contributed by atoms with E-state index in [1.807, 2.05) is 0 Å². The number of aliphatic hydroxyl groups excluding tert-OH is 1. The Hall–Kier alpha value is -4.09. The van der Waals surface area contributed by atoms with Crippen LogP contribution in [-0.2, 0) is 14.3 Å². The zero-order valence-corrected chi connectivity index (χ0v) is 18.1. The summed E-state index contributed by atoms with van der Waals surface area (Å²) in [6, 6.07) is 14.1. The molecule has 0 radical (unpaired) electrons. The van der Waals surface area contributed by atoms with E-state index in [-0.39, 0.29) is 23.8 Å². The van der Waals surface area contributed by atoms with E-state index in [0.29, 0.717) is 16.3 Å². The highest BCUT2D eigenvalue weighted by Crippen LogP contribution is 2.18. The Bertz CT molecular complexity index is 1110. The second-order valence-electron chi connectivity index (χ2n) is 6.38. The lowest BCUT2D eigenvalue weighted by molar-refractivity contribution is -0.138. The molecule has 0 bridgehead atoms. The molecular weight excluding hydrogens is 434 g/mol. The SMILES string of the molecule is CCOC(=O)/C(C#N)=C(O)/C(=C\c1ccc(Cl)cc1)NC(=O)c1ccc(NC(C)=O)cc1. The van der Waals surface area contributed by atoms with Crippen molar-refractivity contribution in [2.75, 3.05) is 11.9 Å². The lowest BCUT2D eigenvalue weighted by Crippen LogP contribution is -2.25. The van der Waals surface area contributed by atoms with E-state index in [9.17, 15) is 24.8 Å². The molecule has 0 saturated carbocycles. The van der Waals surface area contributed by atoms with Crippen LogP contribution in [0, 0.1) is 11.3 Å². The summed E-state index contributed by atoms with van der Waals surface area (Å²) in [5.41, 5.74) is 0.408. The molecule has 2 rings (SSSR count). The standard InChI is InChI=1S/C23H20ClN3O5/c1-3-32-23(31)19(13-25)21(29)20(12-15-4-8-17(24)9-5-15)27-22(30)16-6-10-18(11-7-16)26-14(2)28/h4-12,29H,3H2,1-2H3,(H,26,28)(H,27,30)/b20-12+,21-19-. The Kier molecular flexibility index (Phi) is 8.57. The van der Waals surface area contributed by atoms with Gasteiger partial charge in [0.2, 0.25) is 5.91 Å². The van der Waals surface area contributed by atoms with Crippen molar-refractivity contribution in [2.45, 2.75) is 13.8 Å². The molecule has 2 aromatic rings. The molecule has 0 atom stereocenters. The van der Waals surface area contributed by atoms with Crippen LogP contribution >= 0.6 is 11.6 Å². The lowest BCUT2D eigenvalue weighted by atomic mass is 10.1. The summed E-state index contributed by atoms with van der Waals surface area (Å²) in [6.07, 6.45) is 1.38. The molecule has 32 heavy (non-hydrogen) atoms. The van der Waals surface area contributed by atoms with Crippen LogP contribution in [0.3, 0.4) is 0 Å². The second kappa shape index (κ2) is 11.3. The van der Waals surface area contributed by atoms with Gasteiger partial charge in [-0.3, -0.25) is 9.59 Å². The van der Waals surface area contributed by atoms with Crippen molar-refractivity contribution in [2.24, 2.45) is 0 Å². The van der Waals surface area contributed by atoms with Crippen molar-refractivity contribution < 1.29 is 24.2 Å². The minimum Gasteiger partial charge on any atom is -0.504 e. The van der Waals surface area contributed by atoms with Gasteiger partial charge in [-0.05, 0) is 55.0 Å². The number of halogens is 1. The third kappa shape index (κ3) is 6.72. The molecule has 8 nitrogen and oxygen atoms in total. The van der Waals surface area contributed by atoms with E-state index in [4.69, 9.17) is 16.3 Å². The Morgan fingerprint density at radius 1 is 1.12 bits per heavy atom. The molecule has 2 aromatic carbocycles. The molecule has 3 N–H and O–H groups in total. The number of esters is 1. The van der Waals surface area contributed by atoms with E-state index in [1.54, 1.807) is 37.3 Å². The number of aliphatic hydroxyl groups is 1. The number of nitriles is 1. The fourth-order valence-corrected chi connectivity index (χ4v) is 2.65. The number of anilines is 1. The Balaban J connectivity index is 2.43. The minimum absolute atomic E-state index is 0.000527. The molecule has 0 aliphatic heterocycles. The third-order valence-corrected chi connectivity index (χ3v) is 4.23. The normalized spacial score (nSPS) is 11.6. The highest BCUT2D eigenvalue weighted by Gasteiger charge is 2.21.